The highest BCUT2D eigenvalue weighted by atomic mass is 16.2. The van der Waals surface area contributed by atoms with Crippen LogP contribution in [0.2, 0.25) is 0 Å². The fourth-order valence-corrected chi connectivity index (χ4v) is 1.72. The molecule has 2 aromatic rings. The minimum Gasteiger partial charge on any atom is -0.347 e. The van der Waals surface area contributed by atoms with E-state index in [2.05, 4.69) is 25.8 Å². The molecule has 0 aliphatic carbocycles. The van der Waals surface area contributed by atoms with Crippen molar-refractivity contribution in [2.45, 2.75) is 19.4 Å². The molecule has 2 amide bonds. The van der Waals surface area contributed by atoms with Gasteiger partial charge in [-0.15, -0.1) is 0 Å². The van der Waals surface area contributed by atoms with E-state index in [9.17, 15) is 9.59 Å². The molecule has 0 aromatic carbocycles. The molecule has 2 aromatic heterocycles. The highest BCUT2D eigenvalue weighted by Gasteiger charge is 2.18. The number of amides is 2. The van der Waals surface area contributed by atoms with Gasteiger partial charge in [0.2, 0.25) is 0 Å². The zero-order valence-electron chi connectivity index (χ0n) is 11.8. The third kappa shape index (κ3) is 3.67. The van der Waals surface area contributed by atoms with E-state index < -0.39 is 11.8 Å². The molecule has 0 radical (unpaired) electrons. The summed E-state index contributed by atoms with van der Waals surface area (Å²) in [5.41, 5.74) is 0.597. The van der Waals surface area contributed by atoms with E-state index in [4.69, 9.17) is 5.26 Å². The SMILES string of the molecule is C[C@@H](CC#N)NC(=O)c1[nH]ncc1NC(=O)c1ccccn1. The van der Waals surface area contributed by atoms with Crippen molar-refractivity contribution in [3.05, 3.63) is 42.0 Å². The molecule has 0 aliphatic heterocycles. The number of nitriles is 1. The number of rotatable bonds is 5. The van der Waals surface area contributed by atoms with Crippen molar-refractivity contribution in [3.63, 3.8) is 0 Å². The molecule has 2 rings (SSSR count). The van der Waals surface area contributed by atoms with E-state index >= 15 is 0 Å². The third-order valence-electron chi connectivity index (χ3n) is 2.79. The van der Waals surface area contributed by atoms with E-state index in [0.717, 1.165) is 0 Å². The molecule has 0 aliphatic rings. The van der Waals surface area contributed by atoms with Gasteiger partial charge in [-0.1, -0.05) is 6.07 Å². The smallest absolute Gasteiger partial charge is 0.274 e. The van der Waals surface area contributed by atoms with Gasteiger partial charge in [0.25, 0.3) is 11.8 Å². The average molecular weight is 298 g/mol. The van der Waals surface area contributed by atoms with Crippen LogP contribution in [-0.2, 0) is 0 Å². The molecule has 0 bridgehead atoms. The van der Waals surface area contributed by atoms with E-state index in [1.54, 1.807) is 25.1 Å². The summed E-state index contributed by atoms with van der Waals surface area (Å²) in [5, 5.41) is 20.1. The second-order valence-corrected chi connectivity index (χ2v) is 4.56. The van der Waals surface area contributed by atoms with Crippen molar-refractivity contribution >= 4 is 17.5 Å². The molecule has 0 saturated carbocycles. The molecule has 8 heteroatoms. The lowest BCUT2D eigenvalue weighted by molar-refractivity contribution is 0.0936. The van der Waals surface area contributed by atoms with Gasteiger partial charge in [0.1, 0.15) is 11.4 Å². The van der Waals surface area contributed by atoms with Crippen LogP contribution in [0.1, 0.15) is 34.3 Å². The summed E-state index contributed by atoms with van der Waals surface area (Å²) in [6.45, 7) is 1.71. The number of aromatic amines is 1. The number of H-pyrrole nitrogens is 1. The first-order valence-corrected chi connectivity index (χ1v) is 6.55. The second-order valence-electron chi connectivity index (χ2n) is 4.56. The zero-order chi connectivity index (χ0) is 15.9. The maximum absolute atomic E-state index is 12.1. The van der Waals surface area contributed by atoms with Gasteiger partial charge in [0, 0.05) is 12.2 Å². The Morgan fingerprint density at radius 3 is 2.91 bits per heavy atom. The van der Waals surface area contributed by atoms with Gasteiger partial charge < -0.3 is 10.6 Å². The molecule has 0 saturated heterocycles. The van der Waals surface area contributed by atoms with Crippen LogP contribution in [0, 0.1) is 11.3 Å². The second kappa shape index (κ2) is 6.99. The number of nitrogens with zero attached hydrogens (tertiary/aromatic N) is 3. The van der Waals surface area contributed by atoms with Gasteiger partial charge in [-0.2, -0.15) is 10.4 Å². The predicted molar refractivity (Wildman–Crippen MR) is 77.9 cm³/mol. The number of hydrogen-bond acceptors (Lipinski definition) is 5. The predicted octanol–water partition coefficient (Wildman–Crippen LogP) is 1.09. The first-order chi connectivity index (χ1) is 10.6. The van der Waals surface area contributed by atoms with Gasteiger partial charge in [-0.25, -0.2) is 0 Å². The van der Waals surface area contributed by atoms with Crippen molar-refractivity contribution < 1.29 is 9.59 Å². The van der Waals surface area contributed by atoms with Crippen LogP contribution in [0.3, 0.4) is 0 Å². The van der Waals surface area contributed by atoms with Crippen LogP contribution < -0.4 is 10.6 Å². The Balaban J connectivity index is 2.08. The number of carbonyl (C=O) groups is 2. The number of carbonyl (C=O) groups excluding carboxylic acids is 2. The standard InChI is InChI=1S/C14H14N6O2/c1-9(5-6-15)18-14(22)12-11(8-17-20-12)19-13(21)10-4-2-3-7-16-10/h2-4,7-9H,5H2,1H3,(H,17,20)(H,18,22)(H,19,21)/t9-/m0/s1. The lowest BCUT2D eigenvalue weighted by Gasteiger charge is -2.10. The Labute approximate surface area is 126 Å². The summed E-state index contributed by atoms with van der Waals surface area (Å²) in [7, 11) is 0. The van der Waals surface area contributed by atoms with Crippen molar-refractivity contribution in [2.75, 3.05) is 5.32 Å². The van der Waals surface area contributed by atoms with Crippen LogP contribution in [0.25, 0.3) is 0 Å². The lowest BCUT2D eigenvalue weighted by Crippen LogP contribution is -2.33. The number of anilines is 1. The molecule has 2 heterocycles. The Morgan fingerprint density at radius 1 is 1.41 bits per heavy atom. The van der Waals surface area contributed by atoms with E-state index in [-0.39, 0.29) is 29.5 Å². The number of aromatic nitrogens is 3. The fraction of sp³-hybridized carbons (Fsp3) is 0.214. The van der Waals surface area contributed by atoms with Gasteiger partial charge in [-0.3, -0.25) is 19.7 Å². The van der Waals surface area contributed by atoms with Crippen LogP contribution >= 0.6 is 0 Å². The molecule has 8 nitrogen and oxygen atoms in total. The highest BCUT2D eigenvalue weighted by Crippen LogP contribution is 2.13. The average Bonchev–Trinajstić information content (AvgIpc) is 2.96. The third-order valence-corrected chi connectivity index (χ3v) is 2.79. The molecule has 3 N–H and O–H groups in total. The van der Waals surface area contributed by atoms with Crippen LogP contribution in [0.15, 0.2) is 30.6 Å². The summed E-state index contributed by atoms with van der Waals surface area (Å²) in [5.74, 6) is -0.891. The Bertz CT molecular complexity index is 704. The summed E-state index contributed by atoms with van der Waals surface area (Å²) < 4.78 is 0. The number of nitrogens with one attached hydrogen (secondary N) is 3. The monoisotopic (exact) mass is 298 g/mol. The van der Waals surface area contributed by atoms with Crippen LogP contribution in [0.5, 0.6) is 0 Å². The normalized spacial score (nSPS) is 11.3. The van der Waals surface area contributed by atoms with Crippen molar-refractivity contribution in [3.8, 4) is 6.07 Å². The molecular weight excluding hydrogens is 284 g/mol. The van der Waals surface area contributed by atoms with Gasteiger partial charge >= 0.3 is 0 Å². The Hall–Kier alpha value is -3.21. The van der Waals surface area contributed by atoms with Crippen molar-refractivity contribution in [1.29, 1.82) is 5.26 Å². The zero-order valence-corrected chi connectivity index (χ0v) is 11.8. The minimum absolute atomic E-state index is 0.120. The molecular formula is C14H14N6O2. The number of hydrogen-bond donors (Lipinski definition) is 3. The maximum Gasteiger partial charge on any atom is 0.274 e. The van der Waals surface area contributed by atoms with Gasteiger partial charge in [0.05, 0.1) is 24.4 Å². The topological polar surface area (TPSA) is 124 Å². The molecule has 22 heavy (non-hydrogen) atoms. The summed E-state index contributed by atoms with van der Waals surface area (Å²) in [4.78, 5) is 28.0. The van der Waals surface area contributed by atoms with Crippen molar-refractivity contribution in [1.82, 2.24) is 20.5 Å². The van der Waals surface area contributed by atoms with E-state index in [1.165, 1.54) is 12.4 Å². The molecule has 0 unspecified atom stereocenters. The minimum atomic E-state index is -0.448. The Morgan fingerprint density at radius 2 is 2.23 bits per heavy atom. The van der Waals surface area contributed by atoms with E-state index in [0.29, 0.717) is 0 Å². The maximum atomic E-state index is 12.1. The van der Waals surface area contributed by atoms with E-state index in [1.807, 2.05) is 6.07 Å². The molecule has 112 valence electrons. The van der Waals surface area contributed by atoms with Gasteiger partial charge in [0.15, 0.2) is 0 Å². The summed E-state index contributed by atoms with van der Waals surface area (Å²) in [6.07, 6.45) is 3.03. The van der Waals surface area contributed by atoms with Crippen LogP contribution in [-0.4, -0.2) is 33.0 Å². The lowest BCUT2D eigenvalue weighted by atomic mass is 10.2. The molecule has 0 fully saturated rings. The largest absolute Gasteiger partial charge is 0.347 e. The highest BCUT2D eigenvalue weighted by molar-refractivity contribution is 6.07. The molecule has 0 spiro atoms. The Kier molecular flexibility index (Phi) is 4.82. The summed E-state index contributed by atoms with van der Waals surface area (Å²) >= 11 is 0. The summed E-state index contributed by atoms with van der Waals surface area (Å²) in [6, 6.07) is 6.61. The van der Waals surface area contributed by atoms with Crippen molar-refractivity contribution in [2.24, 2.45) is 0 Å². The quantitative estimate of drug-likeness (QED) is 0.762. The first-order valence-electron chi connectivity index (χ1n) is 6.55. The van der Waals surface area contributed by atoms with Gasteiger partial charge in [-0.05, 0) is 19.1 Å². The number of pyridine rings is 1. The fourth-order valence-electron chi connectivity index (χ4n) is 1.72. The molecule has 1 atom stereocenters. The first kappa shape index (κ1) is 15.2. The van der Waals surface area contributed by atoms with Crippen LogP contribution in [0.4, 0.5) is 5.69 Å².